The van der Waals surface area contributed by atoms with E-state index in [0.717, 1.165) is 5.56 Å². The summed E-state index contributed by atoms with van der Waals surface area (Å²) in [7, 11) is -3.97. The number of halogens is 1. The maximum Gasteiger partial charge on any atom is 0.264 e. The summed E-state index contributed by atoms with van der Waals surface area (Å²) in [6.07, 6.45) is -1.46. The lowest BCUT2D eigenvalue weighted by Gasteiger charge is -2.35. The van der Waals surface area contributed by atoms with Crippen LogP contribution in [0.1, 0.15) is 5.56 Å². The maximum absolute atomic E-state index is 13.5. The number of nitrogens with one attached hydrogen (secondary N) is 1. The van der Waals surface area contributed by atoms with Gasteiger partial charge in [0.05, 0.1) is 23.7 Å². The molecule has 2 atom stereocenters. The molecule has 3 aromatic carbocycles. The first-order chi connectivity index (χ1) is 16.8. The number of hydrogen-bond donors (Lipinski definition) is 1. The first kappa shape index (κ1) is 23.3. The fraction of sp³-hybridized carbons (Fsp3) is 0.240. The van der Waals surface area contributed by atoms with Crippen LogP contribution < -0.4 is 23.8 Å². The number of anilines is 1. The number of ether oxygens (including phenoxy) is 3. The molecule has 35 heavy (non-hydrogen) atoms. The molecule has 0 radical (unpaired) electrons. The van der Waals surface area contributed by atoms with Gasteiger partial charge in [0.25, 0.3) is 15.9 Å². The van der Waals surface area contributed by atoms with Gasteiger partial charge in [0.2, 0.25) is 0 Å². The first-order valence-corrected chi connectivity index (χ1v) is 12.8. The van der Waals surface area contributed by atoms with E-state index in [-0.39, 0.29) is 36.0 Å². The highest BCUT2D eigenvalue weighted by Gasteiger charge is 2.38. The van der Waals surface area contributed by atoms with Crippen molar-refractivity contribution in [2.24, 2.45) is 0 Å². The standard InChI is InChI=1S/C25H23ClN2O6S/c1-16-6-9-19(10-7-16)35(30,31)28-14-24(34-21-11-8-17(26)12-20(21)28)25(29)27-13-18-15-32-22-4-2-3-5-23(22)33-18/h2-12,18,24H,13-15H2,1H3,(H,27,29)/t18-,24+/m1/s1. The molecule has 5 rings (SSSR count). The molecule has 182 valence electrons. The summed E-state index contributed by atoms with van der Waals surface area (Å²) >= 11 is 6.15. The molecule has 8 nitrogen and oxygen atoms in total. The fourth-order valence-electron chi connectivity index (χ4n) is 3.92. The third kappa shape index (κ3) is 4.74. The number of para-hydroxylation sites is 2. The Bertz CT molecular complexity index is 1360. The number of rotatable bonds is 5. The quantitative estimate of drug-likeness (QED) is 0.559. The van der Waals surface area contributed by atoms with Crippen LogP contribution in [-0.2, 0) is 14.8 Å². The van der Waals surface area contributed by atoms with Crippen LogP contribution in [0.25, 0.3) is 0 Å². The molecular weight excluding hydrogens is 492 g/mol. The van der Waals surface area contributed by atoms with E-state index in [9.17, 15) is 13.2 Å². The monoisotopic (exact) mass is 514 g/mol. The summed E-state index contributed by atoms with van der Waals surface area (Å²) in [5.74, 6) is 1.05. The third-order valence-electron chi connectivity index (χ3n) is 5.76. The molecule has 0 aliphatic carbocycles. The van der Waals surface area contributed by atoms with Gasteiger partial charge >= 0.3 is 0 Å². The zero-order chi connectivity index (χ0) is 24.6. The van der Waals surface area contributed by atoms with Crippen molar-refractivity contribution >= 4 is 33.2 Å². The number of hydrogen-bond acceptors (Lipinski definition) is 6. The van der Waals surface area contributed by atoms with E-state index in [2.05, 4.69) is 5.32 Å². The van der Waals surface area contributed by atoms with Gasteiger partial charge in [0.15, 0.2) is 17.6 Å². The lowest BCUT2D eigenvalue weighted by atomic mass is 10.2. The predicted molar refractivity (Wildman–Crippen MR) is 131 cm³/mol. The van der Waals surface area contributed by atoms with Crippen LogP contribution in [0.5, 0.6) is 17.2 Å². The van der Waals surface area contributed by atoms with E-state index >= 15 is 0 Å². The highest BCUT2D eigenvalue weighted by atomic mass is 35.5. The minimum absolute atomic E-state index is 0.113. The number of carbonyl (C=O) groups excluding carboxylic acids is 1. The normalized spacial score (nSPS) is 18.9. The average molecular weight is 515 g/mol. The summed E-state index contributed by atoms with van der Waals surface area (Å²) in [6, 6.07) is 18.5. The molecule has 0 fully saturated rings. The van der Waals surface area contributed by atoms with Crippen LogP contribution >= 0.6 is 11.6 Å². The van der Waals surface area contributed by atoms with Crippen molar-refractivity contribution in [2.75, 3.05) is 24.0 Å². The van der Waals surface area contributed by atoms with Crippen LogP contribution in [0.2, 0.25) is 5.02 Å². The van der Waals surface area contributed by atoms with Crippen molar-refractivity contribution in [3.05, 3.63) is 77.3 Å². The zero-order valence-electron chi connectivity index (χ0n) is 18.8. The van der Waals surface area contributed by atoms with E-state index in [1.807, 2.05) is 25.1 Å². The molecule has 2 heterocycles. The number of carbonyl (C=O) groups is 1. The Hall–Kier alpha value is -3.43. The Kier molecular flexibility index (Phi) is 6.21. The van der Waals surface area contributed by atoms with Gasteiger partial charge in [0, 0.05) is 5.02 Å². The van der Waals surface area contributed by atoms with E-state index in [1.165, 1.54) is 22.5 Å². The topological polar surface area (TPSA) is 94.2 Å². The van der Waals surface area contributed by atoms with E-state index in [0.29, 0.717) is 16.5 Å². The molecule has 0 saturated heterocycles. The van der Waals surface area contributed by atoms with Crippen molar-refractivity contribution in [3.63, 3.8) is 0 Å². The average Bonchev–Trinajstić information content (AvgIpc) is 2.86. The lowest BCUT2D eigenvalue weighted by Crippen LogP contribution is -2.52. The lowest BCUT2D eigenvalue weighted by molar-refractivity contribution is -0.128. The number of fused-ring (bicyclic) bond motifs is 2. The van der Waals surface area contributed by atoms with E-state index in [4.69, 9.17) is 25.8 Å². The number of aryl methyl sites for hydroxylation is 1. The second-order valence-corrected chi connectivity index (χ2v) is 10.6. The van der Waals surface area contributed by atoms with Gasteiger partial charge in [0.1, 0.15) is 18.5 Å². The van der Waals surface area contributed by atoms with Crippen LogP contribution in [0.4, 0.5) is 5.69 Å². The Labute approximate surface area is 208 Å². The molecule has 2 aliphatic rings. The van der Waals surface area contributed by atoms with Gasteiger partial charge in [-0.1, -0.05) is 41.4 Å². The highest BCUT2D eigenvalue weighted by Crippen LogP contribution is 2.39. The van der Waals surface area contributed by atoms with Crippen molar-refractivity contribution in [2.45, 2.75) is 24.0 Å². The zero-order valence-corrected chi connectivity index (χ0v) is 20.4. The minimum atomic E-state index is -3.97. The van der Waals surface area contributed by atoms with Crippen molar-refractivity contribution in [1.82, 2.24) is 5.32 Å². The molecule has 0 bridgehead atoms. The number of benzene rings is 3. The van der Waals surface area contributed by atoms with Gasteiger partial charge < -0.3 is 19.5 Å². The van der Waals surface area contributed by atoms with Gasteiger partial charge in [-0.2, -0.15) is 0 Å². The molecule has 2 aliphatic heterocycles. The molecule has 0 spiro atoms. The van der Waals surface area contributed by atoms with Crippen molar-refractivity contribution < 1.29 is 27.4 Å². The molecule has 10 heteroatoms. The summed E-state index contributed by atoms with van der Waals surface area (Å²) in [5.41, 5.74) is 1.21. The van der Waals surface area contributed by atoms with Gasteiger partial charge in [-0.05, 0) is 49.4 Å². The summed E-state index contributed by atoms with van der Waals surface area (Å²) < 4.78 is 45.7. The van der Waals surface area contributed by atoms with Crippen LogP contribution in [0.15, 0.2) is 71.6 Å². The van der Waals surface area contributed by atoms with Gasteiger partial charge in [-0.3, -0.25) is 9.10 Å². The van der Waals surface area contributed by atoms with Crippen molar-refractivity contribution in [1.29, 1.82) is 0 Å². The largest absolute Gasteiger partial charge is 0.486 e. The Morgan fingerprint density at radius 3 is 2.54 bits per heavy atom. The molecule has 0 saturated carbocycles. The SMILES string of the molecule is Cc1ccc(S(=O)(=O)N2C[C@@H](C(=O)NC[C@@H]3COc4ccccc4O3)Oc3ccc(Cl)cc32)cc1. The van der Waals surface area contributed by atoms with Gasteiger partial charge in [-0.25, -0.2) is 8.42 Å². The summed E-state index contributed by atoms with van der Waals surface area (Å²) in [6.45, 7) is 2.11. The summed E-state index contributed by atoms with van der Waals surface area (Å²) in [5, 5.41) is 3.15. The van der Waals surface area contributed by atoms with Crippen molar-refractivity contribution in [3.8, 4) is 17.2 Å². The first-order valence-electron chi connectivity index (χ1n) is 11.0. The molecule has 0 unspecified atom stereocenters. The minimum Gasteiger partial charge on any atom is -0.486 e. The molecule has 1 N–H and O–H groups in total. The number of amides is 1. The van der Waals surface area contributed by atoms with Crippen LogP contribution in [0.3, 0.4) is 0 Å². The summed E-state index contributed by atoms with van der Waals surface area (Å²) in [4.78, 5) is 13.1. The smallest absolute Gasteiger partial charge is 0.264 e. The Balaban J connectivity index is 1.34. The fourth-order valence-corrected chi connectivity index (χ4v) is 5.55. The van der Waals surface area contributed by atoms with Crippen LogP contribution in [0, 0.1) is 6.92 Å². The van der Waals surface area contributed by atoms with Gasteiger partial charge in [-0.15, -0.1) is 0 Å². The molecule has 3 aromatic rings. The second-order valence-electron chi connectivity index (χ2n) is 8.31. The molecule has 0 aromatic heterocycles. The maximum atomic E-state index is 13.5. The van der Waals surface area contributed by atoms with E-state index in [1.54, 1.807) is 30.3 Å². The predicted octanol–water partition coefficient (Wildman–Crippen LogP) is 3.56. The molecular formula is C25H23ClN2O6S. The highest BCUT2D eigenvalue weighted by molar-refractivity contribution is 7.92. The molecule has 1 amide bonds. The number of nitrogens with zero attached hydrogens (tertiary/aromatic N) is 1. The number of sulfonamides is 1. The Morgan fingerprint density at radius 1 is 1.03 bits per heavy atom. The Morgan fingerprint density at radius 2 is 1.77 bits per heavy atom. The van der Waals surface area contributed by atoms with E-state index < -0.39 is 28.1 Å². The second kappa shape index (κ2) is 9.31. The van der Waals surface area contributed by atoms with Crippen LogP contribution in [-0.4, -0.2) is 46.2 Å². The third-order valence-corrected chi connectivity index (χ3v) is 7.79.